The van der Waals surface area contributed by atoms with Crippen LogP contribution in [0.1, 0.15) is 5.56 Å². The molecule has 0 aliphatic carbocycles. The van der Waals surface area contributed by atoms with Gasteiger partial charge in [-0.25, -0.2) is 4.98 Å². The number of halogens is 2. The van der Waals surface area contributed by atoms with E-state index in [2.05, 4.69) is 59.3 Å². The van der Waals surface area contributed by atoms with Gasteiger partial charge in [-0.15, -0.1) is 0 Å². The molecule has 0 saturated heterocycles. The number of anilines is 1. The smallest absolute Gasteiger partial charge is 0.151 e. The predicted molar refractivity (Wildman–Crippen MR) is 95.9 cm³/mol. The Morgan fingerprint density at radius 2 is 2.10 bits per heavy atom. The first kappa shape index (κ1) is 14.6. The summed E-state index contributed by atoms with van der Waals surface area (Å²) in [5.41, 5.74) is 2.26. The highest BCUT2D eigenvalue weighted by Gasteiger charge is 2.10. The van der Waals surface area contributed by atoms with E-state index >= 15 is 0 Å². The van der Waals surface area contributed by atoms with Crippen molar-refractivity contribution >= 4 is 49.9 Å². The van der Waals surface area contributed by atoms with Crippen molar-refractivity contribution in [2.75, 3.05) is 12.4 Å². The highest BCUT2D eigenvalue weighted by molar-refractivity contribution is 14.1. The highest BCUT2D eigenvalue weighted by Crippen LogP contribution is 2.27. The fourth-order valence-corrected chi connectivity index (χ4v) is 3.89. The van der Waals surface area contributed by atoms with Crippen LogP contribution in [-0.4, -0.2) is 16.5 Å². The van der Waals surface area contributed by atoms with Crippen molar-refractivity contribution in [3.63, 3.8) is 0 Å². The number of benzene rings is 1. The molecule has 0 fully saturated rings. The van der Waals surface area contributed by atoms with Gasteiger partial charge in [0.15, 0.2) is 5.82 Å². The Balaban J connectivity index is 1.84. The zero-order valence-electron chi connectivity index (χ0n) is 11.3. The van der Waals surface area contributed by atoms with Crippen molar-refractivity contribution < 1.29 is 4.74 Å². The lowest BCUT2D eigenvalue weighted by molar-refractivity contribution is 0.414. The quantitative estimate of drug-likeness (QED) is 0.593. The van der Waals surface area contributed by atoms with Crippen LogP contribution in [0.3, 0.4) is 0 Å². The van der Waals surface area contributed by atoms with E-state index in [-0.39, 0.29) is 0 Å². The van der Waals surface area contributed by atoms with E-state index in [1.165, 1.54) is 5.56 Å². The molecule has 1 aromatic carbocycles. The second-order valence-electron chi connectivity index (χ2n) is 4.51. The molecule has 0 bridgehead atoms. The molecule has 6 heteroatoms. The average Bonchev–Trinajstić information content (AvgIpc) is 2.81. The van der Waals surface area contributed by atoms with Crippen molar-refractivity contribution in [2.45, 2.75) is 6.54 Å². The number of methoxy groups -OCH3 is 1. The Morgan fingerprint density at radius 1 is 1.33 bits per heavy atom. The van der Waals surface area contributed by atoms with Gasteiger partial charge in [0, 0.05) is 22.5 Å². The van der Waals surface area contributed by atoms with Gasteiger partial charge in [0.25, 0.3) is 0 Å². The molecule has 1 N–H and O–H groups in total. The zero-order valence-corrected chi connectivity index (χ0v) is 15.1. The summed E-state index contributed by atoms with van der Waals surface area (Å²) in [5, 5.41) is 3.40. The van der Waals surface area contributed by atoms with Crippen LogP contribution < -0.4 is 10.1 Å². The van der Waals surface area contributed by atoms with E-state index in [0.717, 1.165) is 31.8 Å². The normalized spacial score (nSPS) is 10.8. The number of hydrogen-bond donors (Lipinski definition) is 1. The van der Waals surface area contributed by atoms with E-state index in [0.29, 0.717) is 0 Å². The minimum atomic E-state index is 0.718. The van der Waals surface area contributed by atoms with Gasteiger partial charge in [0.2, 0.25) is 0 Å². The third kappa shape index (κ3) is 3.01. The maximum absolute atomic E-state index is 5.17. The molecule has 3 aromatic rings. The number of rotatable bonds is 4. The minimum Gasteiger partial charge on any atom is -0.497 e. The van der Waals surface area contributed by atoms with E-state index in [1.54, 1.807) is 13.3 Å². The lowest BCUT2D eigenvalue weighted by Gasteiger charge is -2.09. The van der Waals surface area contributed by atoms with E-state index in [1.807, 2.05) is 30.5 Å². The average molecular weight is 458 g/mol. The summed E-state index contributed by atoms with van der Waals surface area (Å²) < 4.78 is 9.42. The lowest BCUT2D eigenvalue weighted by atomic mass is 10.2. The Bertz CT molecular complexity index is 770. The molecule has 2 aromatic heterocycles. The van der Waals surface area contributed by atoms with Crippen LogP contribution in [0.15, 0.2) is 47.3 Å². The molecule has 0 atom stereocenters. The SMILES string of the molecule is COc1ccc(CNc2nccn3c(Br)cc(I)c23)cc1. The Hall–Kier alpha value is -1.28. The monoisotopic (exact) mass is 457 g/mol. The Kier molecular flexibility index (Phi) is 4.34. The number of hydrogen-bond acceptors (Lipinski definition) is 3. The van der Waals surface area contributed by atoms with Gasteiger partial charge >= 0.3 is 0 Å². The molecular formula is C15H13BrIN3O. The molecule has 0 aliphatic rings. The fraction of sp³-hybridized carbons (Fsp3) is 0.133. The summed E-state index contributed by atoms with van der Waals surface area (Å²) in [6.07, 6.45) is 3.74. The molecule has 0 spiro atoms. The predicted octanol–water partition coefficient (Wildman–Crippen LogP) is 4.32. The topological polar surface area (TPSA) is 38.6 Å². The summed E-state index contributed by atoms with van der Waals surface area (Å²) in [6.45, 7) is 0.718. The molecule has 0 saturated carbocycles. The molecular weight excluding hydrogens is 445 g/mol. The minimum absolute atomic E-state index is 0.718. The lowest BCUT2D eigenvalue weighted by Crippen LogP contribution is -2.03. The van der Waals surface area contributed by atoms with Gasteiger partial charge in [0.1, 0.15) is 11.3 Å². The summed E-state index contributed by atoms with van der Waals surface area (Å²) in [4.78, 5) is 4.45. The first-order chi connectivity index (χ1) is 10.2. The van der Waals surface area contributed by atoms with Crippen LogP contribution in [0.25, 0.3) is 5.52 Å². The van der Waals surface area contributed by atoms with Gasteiger partial charge in [0.05, 0.1) is 11.7 Å². The van der Waals surface area contributed by atoms with Crippen molar-refractivity contribution in [3.8, 4) is 5.75 Å². The fourth-order valence-electron chi connectivity index (χ4n) is 2.13. The highest BCUT2D eigenvalue weighted by atomic mass is 127. The maximum Gasteiger partial charge on any atom is 0.151 e. The number of nitrogens with zero attached hydrogens (tertiary/aromatic N) is 2. The molecule has 4 nitrogen and oxygen atoms in total. The summed E-state index contributed by atoms with van der Waals surface area (Å²) >= 11 is 5.87. The van der Waals surface area contributed by atoms with Crippen LogP contribution in [-0.2, 0) is 6.54 Å². The molecule has 3 rings (SSSR count). The molecule has 21 heavy (non-hydrogen) atoms. The number of ether oxygens (including phenoxy) is 1. The first-order valence-electron chi connectivity index (χ1n) is 6.37. The van der Waals surface area contributed by atoms with Gasteiger partial charge in [-0.05, 0) is 62.3 Å². The summed E-state index contributed by atoms with van der Waals surface area (Å²) in [7, 11) is 1.67. The second kappa shape index (κ2) is 6.23. The second-order valence-corrected chi connectivity index (χ2v) is 6.49. The van der Waals surface area contributed by atoms with Crippen LogP contribution in [0, 0.1) is 3.57 Å². The van der Waals surface area contributed by atoms with Gasteiger partial charge in [-0.1, -0.05) is 12.1 Å². The molecule has 0 aliphatic heterocycles. The van der Waals surface area contributed by atoms with Crippen LogP contribution in [0.2, 0.25) is 0 Å². The van der Waals surface area contributed by atoms with Gasteiger partial charge in [-0.2, -0.15) is 0 Å². The number of nitrogens with one attached hydrogen (secondary N) is 1. The van der Waals surface area contributed by atoms with E-state index < -0.39 is 0 Å². The summed E-state index contributed by atoms with van der Waals surface area (Å²) in [6, 6.07) is 10.1. The Morgan fingerprint density at radius 3 is 2.81 bits per heavy atom. The van der Waals surface area contributed by atoms with E-state index in [9.17, 15) is 0 Å². The Labute approximate surface area is 144 Å². The van der Waals surface area contributed by atoms with Crippen molar-refractivity contribution in [1.29, 1.82) is 0 Å². The largest absolute Gasteiger partial charge is 0.497 e. The standard InChI is InChI=1S/C15H13BrIN3O/c1-21-11-4-2-10(3-5-11)9-19-15-14-12(17)8-13(16)20(14)7-6-18-15/h2-8H,9H2,1H3,(H,18,19). The van der Waals surface area contributed by atoms with Crippen molar-refractivity contribution in [2.24, 2.45) is 0 Å². The van der Waals surface area contributed by atoms with Crippen LogP contribution >= 0.6 is 38.5 Å². The molecule has 0 radical (unpaired) electrons. The first-order valence-corrected chi connectivity index (χ1v) is 8.24. The molecule has 0 amide bonds. The van der Waals surface area contributed by atoms with Gasteiger partial charge < -0.3 is 14.5 Å². The van der Waals surface area contributed by atoms with Crippen LogP contribution in [0.5, 0.6) is 5.75 Å². The van der Waals surface area contributed by atoms with E-state index in [4.69, 9.17) is 4.74 Å². The maximum atomic E-state index is 5.17. The number of fused-ring (bicyclic) bond motifs is 1. The molecule has 2 heterocycles. The van der Waals surface area contributed by atoms with Gasteiger partial charge in [-0.3, -0.25) is 0 Å². The third-order valence-electron chi connectivity index (χ3n) is 3.21. The molecule has 0 unspecified atom stereocenters. The zero-order chi connectivity index (χ0) is 14.8. The molecule has 108 valence electrons. The van der Waals surface area contributed by atoms with Crippen molar-refractivity contribution in [1.82, 2.24) is 9.38 Å². The summed E-state index contributed by atoms with van der Waals surface area (Å²) in [5.74, 6) is 1.74. The van der Waals surface area contributed by atoms with Crippen molar-refractivity contribution in [3.05, 3.63) is 56.5 Å². The van der Waals surface area contributed by atoms with Crippen LogP contribution in [0.4, 0.5) is 5.82 Å². The number of aromatic nitrogens is 2. The third-order valence-corrected chi connectivity index (χ3v) is 4.64.